The minimum absolute atomic E-state index is 0.00608. The molecule has 1 heterocycles. The number of hydrogen-bond acceptors (Lipinski definition) is 3. The summed E-state index contributed by atoms with van der Waals surface area (Å²) in [7, 11) is 0. The van der Waals surface area contributed by atoms with E-state index < -0.39 is 12.8 Å². The van der Waals surface area contributed by atoms with E-state index in [1.807, 2.05) is 13.8 Å². The van der Waals surface area contributed by atoms with Crippen LogP contribution in [0.3, 0.4) is 0 Å². The number of carbonyl (C=O) groups excluding carboxylic acids is 1. The van der Waals surface area contributed by atoms with Gasteiger partial charge in [0, 0.05) is 23.4 Å². The molecule has 0 fully saturated rings. The molecule has 2 aromatic rings. The van der Waals surface area contributed by atoms with Crippen molar-refractivity contribution in [3.8, 4) is 17.0 Å². The minimum atomic E-state index is -4.43. The summed E-state index contributed by atoms with van der Waals surface area (Å²) in [4.78, 5) is 11.0. The summed E-state index contributed by atoms with van der Waals surface area (Å²) in [5, 5.41) is 4.17. The Hall–Kier alpha value is -2.31. The van der Waals surface area contributed by atoms with E-state index in [9.17, 15) is 18.0 Å². The van der Waals surface area contributed by atoms with Crippen LogP contribution in [0, 0.1) is 0 Å². The first-order chi connectivity index (χ1) is 10.3. The molecule has 0 radical (unpaired) electrons. The predicted octanol–water partition coefficient (Wildman–Crippen LogP) is 3.88. The highest BCUT2D eigenvalue weighted by molar-refractivity contribution is 5.79. The Morgan fingerprint density at radius 2 is 2.05 bits per heavy atom. The molecule has 1 aromatic heterocycles. The zero-order valence-electron chi connectivity index (χ0n) is 12.1. The Labute approximate surface area is 125 Å². The van der Waals surface area contributed by atoms with Crippen LogP contribution in [0.15, 0.2) is 30.5 Å². The van der Waals surface area contributed by atoms with E-state index in [1.165, 1.54) is 12.1 Å². The second-order valence-corrected chi connectivity index (χ2v) is 5.07. The molecule has 22 heavy (non-hydrogen) atoms. The van der Waals surface area contributed by atoms with Gasteiger partial charge in [0.1, 0.15) is 12.0 Å². The highest BCUT2D eigenvalue weighted by Crippen LogP contribution is 2.28. The monoisotopic (exact) mass is 312 g/mol. The van der Waals surface area contributed by atoms with Gasteiger partial charge >= 0.3 is 6.18 Å². The first-order valence-electron chi connectivity index (χ1n) is 6.64. The quantitative estimate of drug-likeness (QED) is 0.787. The van der Waals surface area contributed by atoms with Crippen LogP contribution in [-0.4, -0.2) is 28.8 Å². The predicted molar refractivity (Wildman–Crippen MR) is 75.0 cm³/mol. The fraction of sp³-hybridized carbons (Fsp3) is 0.333. The van der Waals surface area contributed by atoms with Crippen molar-refractivity contribution in [3.63, 3.8) is 0 Å². The summed E-state index contributed by atoms with van der Waals surface area (Å²) in [5.74, 6) is -0.00608. The molecule has 0 saturated carbocycles. The number of halogens is 3. The molecule has 0 spiro atoms. The van der Waals surface area contributed by atoms with Gasteiger partial charge in [-0.3, -0.25) is 9.48 Å². The number of ether oxygens (including phenoxy) is 1. The molecule has 7 heteroatoms. The average Bonchev–Trinajstić information content (AvgIpc) is 2.93. The van der Waals surface area contributed by atoms with E-state index in [2.05, 4.69) is 5.10 Å². The van der Waals surface area contributed by atoms with Gasteiger partial charge in [-0.1, -0.05) is 0 Å². The van der Waals surface area contributed by atoms with Gasteiger partial charge in [0.15, 0.2) is 6.61 Å². The maximum Gasteiger partial charge on any atom is 0.422 e. The van der Waals surface area contributed by atoms with Gasteiger partial charge in [-0.15, -0.1) is 0 Å². The molecule has 0 atom stereocenters. The van der Waals surface area contributed by atoms with E-state index in [-0.39, 0.29) is 17.4 Å². The molecule has 0 unspecified atom stereocenters. The third kappa shape index (κ3) is 3.87. The van der Waals surface area contributed by atoms with Crippen molar-refractivity contribution in [2.75, 3.05) is 6.61 Å². The molecule has 0 N–H and O–H groups in total. The van der Waals surface area contributed by atoms with Crippen LogP contribution >= 0.6 is 0 Å². The molecule has 2 rings (SSSR count). The number of rotatable bonds is 5. The molecule has 4 nitrogen and oxygen atoms in total. The van der Waals surface area contributed by atoms with Gasteiger partial charge in [0.05, 0.1) is 5.69 Å². The van der Waals surface area contributed by atoms with Crippen molar-refractivity contribution in [3.05, 3.63) is 36.0 Å². The summed E-state index contributed by atoms with van der Waals surface area (Å²) in [6.45, 7) is 2.46. The van der Waals surface area contributed by atoms with E-state index in [4.69, 9.17) is 4.74 Å². The summed E-state index contributed by atoms with van der Waals surface area (Å²) < 4.78 is 43.2. The SMILES string of the molecule is CC(C)n1nccc1-c1cc(C=O)cc(OCC(F)(F)F)c1. The molecular weight excluding hydrogens is 297 g/mol. The number of benzene rings is 1. The number of nitrogens with zero attached hydrogens (tertiary/aromatic N) is 2. The standard InChI is InChI=1S/C15H15F3N2O2/c1-10(2)20-14(3-4-19-20)12-5-11(8-21)6-13(7-12)22-9-15(16,17)18/h3-8,10H,9H2,1-2H3. The van der Waals surface area contributed by atoms with Crippen molar-refractivity contribution in [1.29, 1.82) is 0 Å². The average molecular weight is 312 g/mol. The minimum Gasteiger partial charge on any atom is -0.484 e. The topological polar surface area (TPSA) is 44.1 Å². The Bertz CT molecular complexity index is 663. The van der Waals surface area contributed by atoms with Gasteiger partial charge in [0.25, 0.3) is 0 Å². The van der Waals surface area contributed by atoms with Crippen molar-refractivity contribution in [2.45, 2.75) is 26.1 Å². The Morgan fingerprint density at radius 1 is 1.32 bits per heavy atom. The number of alkyl halides is 3. The van der Waals surface area contributed by atoms with Gasteiger partial charge in [-0.25, -0.2) is 0 Å². The summed E-state index contributed by atoms with van der Waals surface area (Å²) in [6, 6.07) is 6.14. The lowest BCUT2D eigenvalue weighted by Crippen LogP contribution is -2.19. The fourth-order valence-corrected chi connectivity index (χ4v) is 2.04. The molecule has 0 saturated heterocycles. The lowest BCUT2D eigenvalue weighted by atomic mass is 10.1. The van der Waals surface area contributed by atoms with Gasteiger partial charge in [-0.2, -0.15) is 18.3 Å². The molecule has 118 valence electrons. The molecule has 0 amide bonds. The van der Waals surface area contributed by atoms with Crippen LogP contribution in [0.2, 0.25) is 0 Å². The third-order valence-corrected chi connectivity index (χ3v) is 2.92. The molecule has 0 aliphatic rings. The summed E-state index contributed by atoms with van der Waals surface area (Å²) >= 11 is 0. The van der Waals surface area contributed by atoms with Crippen molar-refractivity contribution in [2.24, 2.45) is 0 Å². The van der Waals surface area contributed by atoms with Crippen LogP contribution in [0.25, 0.3) is 11.3 Å². The smallest absolute Gasteiger partial charge is 0.422 e. The van der Waals surface area contributed by atoms with Crippen molar-refractivity contribution >= 4 is 6.29 Å². The zero-order chi connectivity index (χ0) is 16.3. The maximum atomic E-state index is 12.3. The van der Waals surface area contributed by atoms with E-state index in [0.717, 1.165) is 0 Å². The highest BCUT2D eigenvalue weighted by atomic mass is 19.4. The van der Waals surface area contributed by atoms with E-state index in [0.29, 0.717) is 17.5 Å². The largest absolute Gasteiger partial charge is 0.484 e. The third-order valence-electron chi connectivity index (χ3n) is 2.92. The molecule has 0 aliphatic carbocycles. The molecule has 0 bridgehead atoms. The highest BCUT2D eigenvalue weighted by Gasteiger charge is 2.28. The van der Waals surface area contributed by atoms with E-state index in [1.54, 1.807) is 23.0 Å². The van der Waals surface area contributed by atoms with Gasteiger partial charge in [0.2, 0.25) is 0 Å². The zero-order valence-corrected chi connectivity index (χ0v) is 12.1. The molecule has 0 aliphatic heterocycles. The second-order valence-electron chi connectivity index (χ2n) is 5.07. The van der Waals surface area contributed by atoms with E-state index >= 15 is 0 Å². The lowest BCUT2D eigenvalue weighted by molar-refractivity contribution is -0.153. The van der Waals surface area contributed by atoms with Crippen molar-refractivity contribution < 1.29 is 22.7 Å². The van der Waals surface area contributed by atoms with Crippen LogP contribution in [0.4, 0.5) is 13.2 Å². The molecular formula is C15H15F3N2O2. The number of aldehydes is 1. The maximum absolute atomic E-state index is 12.3. The summed E-state index contributed by atoms with van der Waals surface area (Å²) in [5.41, 5.74) is 1.52. The van der Waals surface area contributed by atoms with Crippen molar-refractivity contribution in [1.82, 2.24) is 9.78 Å². The first kappa shape index (κ1) is 16.1. The first-order valence-corrected chi connectivity index (χ1v) is 6.64. The van der Waals surface area contributed by atoms with Crippen LogP contribution in [0.1, 0.15) is 30.2 Å². The van der Waals surface area contributed by atoms with Crippen LogP contribution in [0.5, 0.6) is 5.75 Å². The second kappa shape index (κ2) is 6.21. The Kier molecular flexibility index (Phi) is 4.54. The van der Waals surface area contributed by atoms with Crippen LogP contribution < -0.4 is 4.74 Å². The van der Waals surface area contributed by atoms with Gasteiger partial charge in [-0.05, 0) is 38.1 Å². The fourth-order valence-electron chi connectivity index (χ4n) is 2.04. The van der Waals surface area contributed by atoms with Crippen LogP contribution in [-0.2, 0) is 0 Å². The number of hydrogen-bond donors (Lipinski definition) is 0. The Balaban J connectivity index is 2.39. The Morgan fingerprint density at radius 3 is 2.64 bits per heavy atom. The number of aromatic nitrogens is 2. The molecule has 1 aromatic carbocycles. The normalized spacial score (nSPS) is 11.7. The number of carbonyl (C=O) groups is 1. The summed E-state index contributed by atoms with van der Waals surface area (Å²) in [6.07, 6.45) is -2.27. The van der Waals surface area contributed by atoms with Gasteiger partial charge < -0.3 is 4.74 Å². The lowest BCUT2D eigenvalue weighted by Gasteiger charge is -2.14.